The van der Waals surface area contributed by atoms with Crippen molar-refractivity contribution >= 4 is 123 Å². The van der Waals surface area contributed by atoms with Gasteiger partial charge in [-0.1, -0.05) is 291 Å². The molecule has 0 bridgehead atoms. The van der Waals surface area contributed by atoms with Gasteiger partial charge in [0.15, 0.2) is 0 Å². The van der Waals surface area contributed by atoms with E-state index in [1.807, 2.05) is 0 Å². The van der Waals surface area contributed by atoms with Crippen LogP contribution < -0.4 is 35.7 Å². The van der Waals surface area contributed by atoms with Crippen molar-refractivity contribution in [3.8, 4) is 129 Å². The molecule has 122 heavy (non-hydrogen) atoms. The van der Waals surface area contributed by atoms with Gasteiger partial charge in [-0.05, 0) is 194 Å². The molecule has 0 fully saturated rings. The summed E-state index contributed by atoms with van der Waals surface area (Å²) < 4.78 is 23.4. The number of hydrogen-bond acceptors (Lipinski definition) is 4. The van der Waals surface area contributed by atoms with Gasteiger partial charge in [-0.2, -0.15) is 0 Å². The molecule has 0 saturated heterocycles. The van der Waals surface area contributed by atoms with Crippen molar-refractivity contribution in [2.45, 2.75) is 0 Å². The summed E-state index contributed by atoms with van der Waals surface area (Å²) in [5.74, 6) is 2.96. The molecule has 3 aromatic heterocycles. The molecule has 0 radical (unpaired) electrons. The second kappa shape index (κ2) is 26.7. The van der Waals surface area contributed by atoms with Gasteiger partial charge >= 0.3 is 0 Å². The van der Waals surface area contributed by atoms with Gasteiger partial charge in [0.25, 0.3) is 6.71 Å². The third-order valence-electron chi connectivity index (χ3n) is 25.9. The molecule has 0 aliphatic carbocycles. The van der Waals surface area contributed by atoms with Crippen LogP contribution in [0.1, 0.15) is 0 Å². The largest absolute Gasteiger partial charge is 0.456 e. The van der Waals surface area contributed by atoms with Gasteiger partial charge in [0.2, 0.25) is 0 Å². The highest BCUT2D eigenvalue weighted by Crippen LogP contribution is 2.60. The molecular formula is C114H70BN5O2. The van der Waals surface area contributed by atoms with Crippen molar-refractivity contribution in [2.24, 2.45) is 0 Å². The number of anilines is 6. The molecule has 0 unspecified atom stereocenters. The molecule has 22 aromatic rings. The standard InChI is InChI=1S/C114H70BN5O2/c1-7-31-71(32-8-1)75-55-57-102-88(59-75)92-67-104-90(84-45-21-27-51-100(84)116(104)79-39-15-5-16-40-79)69-110(92)121-108-53-29-23-47-86(108)94-61-77(73-35-11-3-12-36-73)63-96-113(94)119(102)106-65-81(118-98-49-25-19-43-82(98)83-44-20-26-50-99(83)118)66-107-112(106)115(96)97-64-78(74-37-13-4-14-38-74)62-95-87-48-24-30-54-109(87)122-111-70-91-85-46-22-28-52-101(85)117(80-41-17-6-18-42-80)105(91)68-93(111)89-60-76(72-33-9-2-10-34-72)56-58-103(89)120(107)114(95)97/h1-70H. The number of nitrogens with zero attached hydrogens (tertiary/aromatic N) is 5. The lowest BCUT2D eigenvalue weighted by Gasteiger charge is -2.47. The predicted octanol–water partition coefficient (Wildman–Crippen LogP) is 28.6. The van der Waals surface area contributed by atoms with Crippen LogP contribution in [-0.2, 0) is 0 Å². The average molecular weight is 1550 g/mol. The Morgan fingerprint density at radius 3 is 0.893 bits per heavy atom. The van der Waals surface area contributed by atoms with E-state index in [0.29, 0.717) is 0 Å². The summed E-state index contributed by atoms with van der Waals surface area (Å²) in [4.78, 5) is 5.40. The summed E-state index contributed by atoms with van der Waals surface area (Å²) in [6, 6.07) is 158. The fourth-order valence-corrected chi connectivity index (χ4v) is 20.7. The number of ether oxygens (including phenoxy) is 2. The fraction of sp³-hybridized carbons (Fsp3) is 0. The molecule has 8 heteroatoms. The zero-order chi connectivity index (χ0) is 79.8. The highest BCUT2D eigenvalue weighted by atomic mass is 16.5. The molecule has 0 spiro atoms. The first-order chi connectivity index (χ1) is 60.5. The summed E-state index contributed by atoms with van der Waals surface area (Å²) in [5, 5.41) is 6.79. The van der Waals surface area contributed by atoms with Crippen molar-refractivity contribution in [3.05, 3.63) is 425 Å². The summed E-state index contributed by atoms with van der Waals surface area (Å²) in [6.07, 6.45) is 0. The first kappa shape index (κ1) is 68.0. The minimum absolute atomic E-state index is 0.456. The number of aromatic nitrogens is 3. The Balaban J connectivity index is 0.872. The smallest absolute Gasteiger partial charge is 0.252 e. The molecule has 4 aliphatic rings. The van der Waals surface area contributed by atoms with Crippen LogP contribution in [0.15, 0.2) is 425 Å². The fourth-order valence-electron chi connectivity index (χ4n) is 20.7. The van der Waals surface area contributed by atoms with Crippen LogP contribution in [0, 0.1) is 0 Å². The Kier molecular flexibility index (Phi) is 14.9. The van der Waals surface area contributed by atoms with Gasteiger partial charge in [-0.3, -0.25) is 0 Å². The Labute approximate surface area is 704 Å². The van der Waals surface area contributed by atoms with E-state index in [2.05, 4.69) is 448 Å². The van der Waals surface area contributed by atoms with Gasteiger partial charge < -0.3 is 33.0 Å². The topological polar surface area (TPSA) is 39.7 Å². The number of benzene rings is 19. The lowest BCUT2D eigenvalue weighted by atomic mass is 9.33. The minimum Gasteiger partial charge on any atom is -0.456 e. The summed E-state index contributed by atoms with van der Waals surface area (Å²) in [5.41, 5.74) is 35.9. The Bertz CT molecular complexity index is 7670. The van der Waals surface area contributed by atoms with Crippen LogP contribution in [0.5, 0.6) is 23.0 Å². The molecule has 0 atom stereocenters. The summed E-state index contributed by atoms with van der Waals surface area (Å²) in [6.45, 7) is -0.456. The molecule has 566 valence electrons. The van der Waals surface area contributed by atoms with E-state index in [9.17, 15) is 0 Å². The van der Waals surface area contributed by atoms with E-state index in [1.54, 1.807) is 0 Å². The Morgan fingerprint density at radius 1 is 0.180 bits per heavy atom. The van der Waals surface area contributed by atoms with E-state index in [0.717, 1.165) is 234 Å². The van der Waals surface area contributed by atoms with Crippen LogP contribution in [0.25, 0.3) is 171 Å². The molecule has 0 saturated carbocycles. The van der Waals surface area contributed by atoms with Crippen molar-refractivity contribution in [1.82, 2.24) is 13.7 Å². The van der Waals surface area contributed by atoms with Crippen LogP contribution in [0.3, 0.4) is 0 Å². The lowest BCUT2D eigenvalue weighted by Crippen LogP contribution is -2.61. The SMILES string of the molecule is c1ccc(-c2ccc3c(c2)-c2cc4c(cc2Oc2ccccc2-c2cc(-c5ccccc5)cc5c2N3c2cc(-n3c6ccccc6c6ccccc63)cc3c2B5c2cc(-c5ccccc5)cc5c2N3c2ccc(-c3ccccc3)cc2-c2cc3c(cc2Oc2ccccc2-5)c2ccccc2n3-c2ccccc2)c2ccccc2n4-c2ccccc2)cc1. The van der Waals surface area contributed by atoms with Crippen LogP contribution in [-0.4, -0.2) is 20.4 Å². The maximum absolute atomic E-state index is 7.99. The third kappa shape index (κ3) is 10.2. The normalized spacial score (nSPS) is 12.7. The molecule has 7 nitrogen and oxygen atoms in total. The number of rotatable bonds is 7. The van der Waals surface area contributed by atoms with Crippen molar-refractivity contribution < 1.29 is 9.47 Å². The monoisotopic (exact) mass is 1550 g/mol. The lowest BCUT2D eigenvalue weighted by molar-refractivity contribution is 0.487. The Morgan fingerprint density at radius 2 is 0.500 bits per heavy atom. The van der Waals surface area contributed by atoms with Gasteiger partial charge in [-0.15, -0.1) is 0 Å². The van der Waals surface area contributed by atoms with Gasteiger partial charge in [0.05, 0.1) is 50.2 Å². The first-order valence-corrected chi connectivity index (χ1v) is 42.0. The summed E-state index contributed by atoms with van der Waals surface area (Å²) >= 11 is 0. The highest BCUT2D eigenvalue weighted by Gasteiger charge is 2.48. The van der Waals surface area contributed by atoms with E-state index in [4.69, 9.17) is 9.47 Å². The molecule has 4 aliphatic heterocycles. The maximum atomic E-state index is 7.99. The molecule has 19 aromatic carbocycles. The maximum Gasteiger partial charge on any atom is 0.252 e. The minimum atomic E-state index is -0.456. The van der Waals surface area contributed by atoms with Crippen molar-refractivity contribution in [2.75, 3.05) is 9.80 Å². The molecule has 0 amide bonds. The quantitative estimate of drug-likeness (QED) is 0.149. The number of para-hydroxylation sites is 8. The average Bonchev–Trinajstić information content (AvgIpc) is 1.07. The van der Waals surface area contributed by atoms with Crippen molar-refractivity contribution in [1.29, 1.82) is 0 Å². The highest BCUT2D eigenvalue weighted by molar-refractivity contribution is 7.00. The van der Waals surface area contributed by atoms with Crippen molar-refractivity contribution in [3.63, 3.8) is 0 Å². The van der Waals surface area contributed by atoms with Crippen LogP contribution in [0.4, 0.5) is 34.1 Å². The van der Waals surface area contributed by atoms with Gasteiger partial charge in [0, 0.05) is 111 Å². The molecule has 0 N–H and O–H groups in total. The van der Waals surface area contributed by atoms with E-state index >= 15 is 0 Å². The first-order valence-electron chi connectivity index (χ1n) is 42.0. The second-order valence-electron chi connectivity index (χ2n) is 32.5. The van der Waals surface area contributed by atoms with Crippen LogP contribution in [0.2, 0.25) is 0 Å². The Hall–Kier alpha value is -16.2. The molecule has 7 heterocycles. The second-order valence-corrected chi connectivity index (χ2v) is 32.5. The zero-order valence-corrected chi connectivity index (χ0v) is 66.0. The van der Waals surface area contributed by atoms with E-state index < -0.39 is 6.71 Å². The predicted molar refractivity (Wildman–Crippen MR) is 507 cm³/mol. The zero-order valence-electron chi connectivity index (χ0n) is 66.0. The summed E-state index contributed by atoms with van der Waals surface area (Å²) in [7, 11) is 0. The third-order valence-corrected chi connectivity index (χ3v) is 25.9. The van der Waals surface area contributed by atoms with Crippen LogP contribution >= 0.6 is 0 Å². The number of fused-ring (bicyclic) bond motifs is 25. The van der Waals surface area contributed by atoms with E-state index in [-0.39, 0.29) is 0 Å². The molecular weight excluding hydrogens is 1480 g/mol. The number of hydrogen-bond donors (Lipinski definition) is 0. The van der Waals surface area contributed by atoms with Gasteiger partial charge in [-0.25, -0.2) is 0 Å². The van der Waals surface area contributed by atoms with E-state index in [1.165, 1.54) is 10.8 Å². The van der Waals surface area contributed by atoms with Gasteiger partial charge in [0.1, 0.15) is 23.0 Å². The molecule has 26 rings (SSSR count).